The molecule has 1 amide bonds. The van der Waals surface area contributed by atoms with Gasteiger partial charge in [0.05, 0.1) is 17.3 Å². The van der Waals surface area contributed by atoms with Crippen LogP contribution in [0.2, 0.25) is 0 Å². The number of hydrogen-bond donors (Lipinski definition) is 1. The molecule has 1 heterocycles. The lowest BCUT2D eigenvalue weighted by Crippen LogP contribution is -2.43. The van der Waals surface area contributed by atoms with E-state index in [0.29, 0.717) is 17.8 Å². The highest BCUT2D eigenvalue weighted by molar-refractivity contribution is 5.96. The number of rotatable bonds is 4. The van der Waals surface area contributed by atoms with Gasteiger partial charge in [0.15, 0.2) is 0 Å². The van der Waals surface area contributed by atoms with Crippen molar-refractivity contribution in [2.75, 3.05) is 5.32 Å². The highest BCUT2D eigenvalue weighted by Crippen LogP contribution is 2.48. The summed E-state index contributed by atoms with van der Waals surface area (Å²) in [5.41, 5.74) is 1.11. The first-order valence-electron chi connectivity index (χ1n) is 8.94. The Labute approximate surface area is 155 Å². The van der Waals surface area contributed by atoms with E-state index >= 15 is 0 Å². The van der Waals surface area contributed by atoms with Crippen molar-refractivity contribution < 1.29 is 14.7 Å². The second-order valence-electron chi connectivity index (χ2n) is 7.24. The van der Waals surface area contributed by atoms with E-state index in [9.17, 15) is 19.5 Å². The number of carbonyl (C=O) groups excluding carboxylic acids is 2. The molecule has 0 radical (unpaired) electrons. The van der Waals surface area contributed by atoms with Gasteiger partial charge in [0.1, 0.15) is 5.69 Å². The average Bonchev–Trinajstić information content (AvgIpc) is 3.32. The molecule has 2 bridgehead atoms. The van der Waals surface area contributed by atoms with Gasteiger partial charge in [-0.25, -0.2) is 4.68 Å². The Morgan fingerprint density at radius 1 is 1.11 bits per heavy atom. The van der Waals surface area contributed by atoms with Crippen molar-refractivity contribution in [3.05, 3.63) is 58.5 Å². The second-order valence-corrected chi connectivity index (χ2v) is 7.24. The van der Waals surface area contributed by atoms with Crippen molar-refractivity contribution >= 4 is 17.6 Å². The van der Waals surface area contributed by atoms with E-state index in [4.69, 9.17) is 0 Å². The standard InChI is InChI=1S/C20H21N3O4/c1-11-17(19(25)23(22(11)2)14-6-4-3-5-7-14)21-18(24)15-12-8-9-13(10-12)16(15)20(26)27/h3-9,12-13,15-16H,10H2,1-2H3,(H,21,24)(H,26,27)/p-1/t12-,13-,15-,16-/m0/s1. The predicted octanol–water partition coefficient (Wildman–Crippen LogP) is 0.611. The fraction of sp³-hybridized carbons (Fsp3) is 0.350. The number of hydrogen-bond acceptors (Lipinski definition) is 4. The summed E-state index contributed by atoms with van der Waals surface area (Å²) in [5, 5.41) is 14.2. The minimum atomic E-state index is -1.21. The van der Waals surface area contributed by atoms with Crippen LogP contribution in [-0.2, 0) is 16.6 Å². The molecular formula is C20H20N3O4-. The van der Waals surface area contributed by atoms with E-state index in [1.54, 1.807) is 30.8 Å². The molecule has 1 aromatic carbocycles. The molecule has 0 spiro atoms. The van der Waals surface area contributed by atoms with Gasteiger partial charge in [-0.1, -0.05) is 30.4 Å². The van der Waals surface area contributed by atoms with Crippen LogP contribution in [0.5, 0.6) is 0 Å². The van der Waals surface area contributed by atoms with Gasteiger partial charge in [-0.15, -0.1) is 0 Å². The number of aromatic nitrogens is 2. The summed E-state index contributed by atoms with van der Waals surface area (Å²) >= 11 is 0. The molecule has 1 saturated carbocycles. The zero-order chi connectivity index (χ0) is 19.3. The Bertz CT molecular complexity index is 1000. The maximum atomic E-state index is 12.9. The molecule has 7 heteroatoms. The molecule has 0 saturated heterocycles. The molecule has 2 aliphatic rings. The summed E-state index contributed by atoms with van der Waals surface area (Å²) in [5.74, 6) is -3.51. The highest BCUT2D eigenvalue weighted by Gasteiger charge is 2.48. The second kappa shape index (κ2) is 6.26. The molecule has 27 heavy (non-hydrogen) atoms. The van der Waals surface area contributed by atoms with Gasteiger partial charge in [0, 0.05) is 18.9 Å². The molecule has 1 aromatic heterocycles. The van der Waals surface area contributed by atoms with Crippen LogP contribution in [0, 0.1) is 30.6 Å². The topological polar surface area (TPSA) is 96.2 Å². The number of nitrogens with one attached hydrogen (secondary N) is 1. The van der Waals surface area contributed by atoms with Crippen LogP contribution in [-0.4, -0.2) is 21.2 Å². The number of carbonyl (C=O) groups is 2. The first-order chi connectivity index (χ1) is 12.9. The van der Waals surface area contributed by atoms with E-state index in [2.05, 4.69) is 5.32 Å². The number of allylic oxidation sites excluding steroid dienone is 2. The lowest BCUT2D eigenvalue weighted by atomic mass is 9.82. The summed E-state index contributed by atoms with van der Waals surface area (Å²) in [6.45, 7) is 1.74. The summed E-state index contributed by atoms with van der Waals surface area (Å²) in [7, 11) is 1.74. The fourth-order valence-corrected chi connectivity index (χ4v) is 4.42. The van der Waals surface area contributed by atoms with Crippen molar-refractivity contribution in [1.82, 2.24) is 9.36 Å². The molecule has 0 aliphatic heterocycles. The van der Waals surface area contributed by atoms with Gasteiger partial charge in [0.2, 0.25) is 5.91 Å². The van der Waals surface area contributed by atoms with Crippen molar-refractivity contribution in [2.45, 2.75) is 13.3 Å². The van der Waals surface area contributed by atoms with Gasteiger partial charge < -0.3 is 15.2 Å². The number of aliphatic carboxylic acids is 1. The van der Waals surface area contributed by atoms with Crippen LogP contribution >= 0.6 is 0 Å². The number of fused-ring (bicyclic) bond motifs is 2. The monoisotopic (exact) mass is 366 g/mol. The van der Waals surface area contributed by atoms with Gasteiger partial charge in [0.25, 0.3) is 5.56 Å². The number of anilines is 1. The number of amides is 1. The van der Waals surface area contributed by atoms with Crippen LogP contribution in [0.3, 0.4) is 0 Å². The number of para-hydroxylation sites is 1. The molecule has 140 valence electrons. The molecule has 2 aliphatic carbocycles. The first-order valence-corrected chi connectivity index (χ1v) is 8.94. The van der Waals surface area contributed by atoms with E-state index < -0.39 is 23.7 Å². The molecule has 1 N–H and O–H groups in total. The minimum absolute atomic E-state index is 0.127. The van der Waals surface area contributed by atoms with E-state index in [0.717, 1.165) is 0 Å². The zero-order valence-electron chi connectivity index (χ0n) is 15.1. The maximum Gasteiger partial charge on any atom is 0.295 e. The fourth-order valence-electron chi connectivity index (χ4n) is 4.42. The quantitative estimate of drug-likeness (QED) is 0.802. The van der Waals surface area contributed by atoms with Crippen LogP contribution < -0.4 is 16.0 Å². The number of carboxylic acids is 1. The zero-order valence-corrected chi connectivity index (χ0v) is 15.1. The van der Waals surface area contributed by atoms with Gasteiger partial charge in [-0.2, -0.15) is 0 Å². The van der Waals surface area contributed by atoms with Crippen LogP contribution in [0.1, 0.15) is 12.1 Å². The SMILES string of the molecule is Cc1c(NC(=O)[C@@H]2[C@@H](C(=O)[O-])[C@H]3C=C[C@H]2C3)c(=O)n(-c2ccccc2)n1C. The van der Waals surface area contributed by atoms with Crippen molar-refractivity contribution in [3.8, 4) is 5.69 Å². The largest absolute Gasteiger partial charge is 0.550 e. The van der Waals surface area contributed by atoms with Gasteiger partial charge in [-0.05, 0) is 37.3 Å². The van der Waals surface area contributed by atoms with Gasteiger partial charge >= 0.3 is 0 Å². The Kier molecular flexibility index (Phi) is 4.02. The molecule has 4 atom stereocenters. The van der Waals surface area contributed by atoms with Crippen LogP contribution in [0.25, 0.3) is 5.69 Å². The smallest absolute Gasteiger partial charge is 0.295 e. The summed E-state index contributed by atoms with van der Waals surface area (Å²) < 4.78 is 3.14. The third-order valence-electron chi connectivity index (χ3n) is 5.84. The Morgan fingerprint density at radius 2 is 1.74 bits per heavy atom. The average molecular weight is 366 g/mol. The molecule has 0 unspecified atom stereocenters. The molecular weight excluding hydrogens is 346 g/mol. The minimum Gasteiger partial charge on any atom is -0.550 e. The summed E-state index contributed by atoms with van der Waals surface area (Å²) in [6, 6.07) is 9.12. The normalized spacial score (nSPS) is 25.7. The van der Waals surface area contributed by atoms with Crippen LogP contribution in [0.15, 0.2) is 47.3 Å². The Balaban J connectivity index is 1.68. The Morgan fingerprint density at radius 3 is 2.37 bits per heavy atom. The number of carboxylic acid groups (broad SMARTS) is 1. The van der Waals surface area contributed by atoms with Crippen molar-refractivity contribution in [2.24, 2.45) is 30.7 Å². The van der Waals surface area contributed by atoms with Crippen molar-refractivity contribution in [3.63, 3.8) is 0 Å². The molecule has 2 aromatic rings. The predicted molar refractivity (Wildman–Crippen MR) is 97.1 cm³/mol. The van der Waals surface area contributed by atoms with Gasteiger partial charge in [-0.3, -0.25) is 14.3 Å². The first kappa shape index (κ1) is 17.3. The summed E-state index contributed by atoms with van der Waals surface area (Å²) in [4.78, 5) is 37.3. The lowest BCUT2D eigenvalue weighted by molar-refractivity contribution is -0.313. The highest BCUT2D eigenvalue weighted by atomic mass is 16.4. The van der Waals surface area contributed by atoms with Crippen molar-refractivity contribution in [1.29, 1.82) is 0 Å². The third kappa shape index (κ3) is 2.61. The summed E-state index contributed by atoms with van der Waals surface area (Å²) in [6.07, 6.45) is 4.39. The molecule has 4 rings (SSSR count). The molecule has 1 fully saturated rings. The lowest BCUT2D eigenvalue weighted by Gasteiger charge is -2.27. The van der Waals surface area contributed by atoms with E-state index in [1.165, 1.54) is 4.68 Å². The van der Waals surface area contributed by atoms with E-state index in [-0.39, 0.29) is 23.1 Å². The third-order valence-corrected chi connectivity index (χ3v) is 5.84. The Hall–Kier alpha value is -3.09. The van der Waals surface area contributed by atoms with E-state index in [1.807, 2.05) is 30.4 Å². The number of benzene rings is 1. The maximum absolute atomic E-state index is 12.9. The van der Waals surface area contributed by atoms with Crippen LogP contribution in [0.4, 0.5) is 5.69 Å². The number of nitrogens with zero attached hydrogens (tertiary/aromatic N) is 2. The molecule has 7 nitrogen and oxygen atoms in total.